The van der Waals surface area contributed by atoms with Crippen LogP contribution >= 0.6 is 23.5 Å². The molecule has 3 heteroatoms. The molecular weight excluding hydrogens is 402 g/mol. The predicted octanol–water partition coefficient (Wildman–Crippen LogP) is 8.86. The number of allylic oxidation sites excluding steroid dienone is 1. The van der Waals surface area contributed by atoms with Gasteiger partial charge in [0.2, 0.25) is 0 Å². The molecule has 0 radical (unpaired) electrons. The number of hydrogen-bond donors (Lipinski definition) is 1. The fourth-order valence-electron chi connectivity index (χ4n) is 4.85. The summed E-state index contributed by atoms with van der Waals surface area (Å²) in [5.74, 6) is 3.09. The average Bonchev–Trinajstić information content (AvgIpc) is 2.71. The van der Waals surface area contributed by atoms with Crippen LogP contribution in [0, 0.1) is 17.3 Å². The Kier molecular flexibility index (Phi) is 14.8. The van der Waals surface area contributed by atoms with E-state index in [1.54, 1.807) is 11.8 Å². The Morgan fingerprint density at radius 3 is 2.20 bits per heavy atom. The van der Waals surface area contributed by atoms with Crippen molar-refractivity contribution in [3.8, 4) is 0 Å². The van der Waals surface area contributed by atoms with E-state index in [1.807, 2.05) is 6.08 Å². The van der Waals surface area contributed by atoms with Gasteiger partial charge in [-0.15, -0.1) is 18.3 Å². The first kappa shape index (κ1) is 29.9. The molecule has 0 aliphatic rings. The molecule has 0 bridgehead atoms. The molecule has 0 saturated carbocycles. The minimum Gasteiger partial charge on any atom is -0.321 e. The molecule has 30 heavy (non-hydrogen) atoms. The molecule has 0 amide bonds. The highest BCUT2D eigenvalue weighted by Gasteiger charge is 2.51. The lowest BCUT2D eigenvalue weighted by Gasteiger charge is -2.54. The summed E-state index contributed by atoms with van der Waals surface area (Å²) in [7, 11) is 0. The van der Waals surface area contributed by atoms with Gasteiger partial charge in [-0.25, -0.2) is 0 Å². The number of nitrogens with two attached hydrogens (primary N) is 1. The van der Waals surface area contributed by atoms with Gasteiger partial charge in [-0.1, -0.05) is 72.6 Å². The molecule has 1 nitrogen and oxygen atoms in total. The third kappa shape index (κ3) is 7.78. The lowest BCUT2D eigenvalue weighted by molar-refractivity contribution is 0.0436. The summed E-state index contributed by atoms with van der Waals surface area (Å²) in [6.07, 6.45) is 9.05. The highest BCUT2D eigenvalue weighted by atomic mass is 32.2. The smallest absolute Gasteiger partial charge is 0.0408 e. The van der Waals surface area contributed by atoms with E-state index in [2.05, 4.69) is 85.7 Å². The predicted molar refractivity (Wildman–Crippen MR) is 146 cm³/mol. The van der Waals surface area contributed by atoms with Crippen LogP contribution < -0.4 is 5.73 Å². The zero-order valence-electron chi connectivity index (χ0n) is 21.4. The monoisotopic (exact) mass is 453 g/mol. The van der Waals surface area contributed by atoms with E-state index in [4.69, 9.17) is 5.73 Å². The minimum absolute atomic E-state index is 0.0465. The van der Waals surface area contributed by atoms with Crippen molar-refractivity contribution in [2.75, 3.05) is 11.5 Å². The van der Waals surface area contributed by atoms with Gasteiger partial charge in [-0.2, -0.15) is 11.8 Å². The summed E-state index contributed by atoms with van der Waals surface area (Å²) in [4.78, 5) is 0. The summed E-state index contributed by atoms with van der Waals surface area (Å²) in [5, 5.41) is 2.94. The molecule has 2 N–H and O–H groups in total. The van der Waals surface area contributed by atoms with Crippen molar-refractivity contribution in [3.63, 3.8) is 0 Å². The Morgan fingerprint density at radius 2 is 1.73 bits per heavy atom. The molecule has 0 heterocycles. The second-order valence-corrected chi connectivity index (χ2v) is 11.6. The Labute approximate surface area is 198 Å². The molecule has 0 aromatic rings. The molecule has 0 spiro atoms. The maximum Gasteiger partial charge on any atom is 0.0408 e. The fraction of sp³-hybridized carbons (Fsp3) is 0.778. The maximum atomic E-state index is 7.23. The van der Waals surface area contributed by atoms with Crippen LogP contribution in [0.5, 0.6) is 0 Å². The van der Waals surface area contributed by atoms with Crippen LogP contribution in [0.1, 0.15) is 93.9 Å². The highest BCUT2D eigenvalue weighted by molar-refractivity contribution is 8.02. The average molecular weight is 454 g/mol. The van der Waals surface area contributed by atoms with E-state index < -0.39 is 5.54 Å². The Hall–Kier alpha value is -0.120. The quantitative estimate of drug-likeness (QED) is 0.176. The fourth-order valence-corrected chi connectivity index (χ4v) is 6.88. The van der Waals surface area contributed by atoms with Crippen LogP contribution in [0.3, 0.4) is 0 Å². The first-order valence-electron chi connectivity index (χ1n) is 12.1. The topological polar surface area (TPSA) is 26.0 Å². The van der Waals surface area contributed by atoms with Crippen LogP contribution in [0.4, 0.5) is 0 Å². The van der Waals surface area contributed by atoms with E-state index in [1.165, 1.54) is 36.2 Å². The molecule has 0 aromatic heterocycles. The van der Waals surface area contributed by atoms with Crippen molar-refractivity contribution in [2.45, 2.75) is 105 Å². The number of hydrogen-bond acceptors (Lipinski definition) is 3. The zero-order chi connectivity index (χ0) is 23.4. The Balaban J connectivity index is 5.99. The second kappa shape index (κ2) is 14.9. The number of rotatable bonds is 17. The van der Waals surface area contributed by atoms with Crippen molar-refractivity contribution >= 4 is 23.5 Å². The van der Waals surface area contributed by atoms with Gasteiger partial charge in [0.05, 0.1) is 0 Å². The number of thioether (sulfide) groups is 2. The Morgan fingerprint density at radius 1 is 1.10 bits per heavy atom. The summed E-state index contributed by atoms with van der Waals surface area (Å²) in [6, 6.07) is 0. The highest BCUT2D eigenvalue weighted by Crippen LogP contribution is 2.52. The first-order valence-corrected chi connectivity index (χ1v) is 14.2. The van der Waals surface area contributed by atoms with Crippen molar-refractivity contribution in [1.82, 2.24) is 0 Å². The molecular formula is C27H51NS2. The van der Waals surface area contributed by atoms with Crippen LogP contribution in [0.2, 0.25) is 0 Å². The summed E-state index contributed by atoms with van der Waals surface area (Å²) in [6.45, 7) is 27.0. The normalized spacial score (nSPS) is 19.4. The van der Waals surface area contributed by atoms with Gasteiger partial charge in [-0.05, 0) is 73.5 Å². The van der Waals surface area contributed by atoms with E-state index in [-0.39, 0.29) is 5.41 Å². The summed E-state index contributed by atoms with van der Waals surface area (Å²) in [5.41, 5.74) is 9.47. The van der Waals surface area contributed by atoms with Crippen molar-refractivity contribution in [1.29, 1.82) is 0 Å². The van der Waals surface area contributed by atoms with Gasteiger partial charge in [0.1, 0.15) is 0 Å². The van der Waals surface area contributed by atoms with Gasteiger partial charge in [0, 0.05) is 16.5 Å². The Bertz CT molecular complexity index is 537. The van der Waals surface area contributed by atoms with Crippen molar-refractivity contribution in [2.24, 2.45) is 23.0 Å². The molecule has 0 saturated heterocycles. The third-order valence-corrected chi connectivity index (χ3v) is 9.80. The summed E-state index contributed by atoms with van der Waals surface area (Å²) < 4.78 is 0. The lowest BCUT2D eigenvalue weighted by atomic mass is 9.53. The van der Waals surface area contributed by atoms with E-state index in [9.17, 15) is 0 Å². The molecule has 5 atom stereocenters. The van der Waals surface area contributed by atoms with Gasteiger partial charge < -0.3 is 5.73 Å². The van der Waals surface area contributed by atoms with Crippen LogP contribution in [0.15, 0.2) is 35.8 Å². The maximum absolute atomic E-state index is 7.23. The lowest BCUT2D eigenvalue weighted by Crippen LogP contribution is -2.59. The molecule has 5 unspecified atom stereocenters. The minimum atomic E-state index is -0.392. The zero-order valence-corrected chi connectivity index (χ0v) is 23.0. The molecule has 0 aromatic carbocycles. The van der Waals surface area contributed by atoms with E-state index in [0.717, 1.165) is 25.0 Å². The second-order valence-electron chi connectivity index (χ2n) is 9.32. The van der Waals surface area contributed by atoms with E-state index >= 15 is 0 Å². The molecule has 0 fully saturated rings. The standard InChI is InChI=1S/C27H51NS2/c1-11-16-24(30-18-13-3)19-21(6)25(15-5)26(9,22(7)14-4)27(10,28)23(8)20-29-17-12-2/h12,20,22,24-25H,2,6,11,13-19,28H2,1,3-5,7-10H3/b23-20-. The van der Waals surface area contributed by atoms with E-state index in [0.29, 0.717) is 17.1 Å². The van der Waals surface area contributed by atoms with Crippen LogP contribution in [0.25, 0.3) is 0 Å². The van der Waals surface area contributed by atoms with Gasteiger partial charge in [0.25, 0.3) is 0 Å². The molecule has 176 valence electrons. The van der Waals surface area contributed by atoms with Crippen LogP contribution in [-0.4, -0.2) is 22.3 Å². The SMILES string of the molecule is C=CCS/C=C(/C)C(C)(N)C(C)(C(C)CC)C(CC)C(=C)CC(CCC)SCCC. The third-order valence-electron chi connectivity index (χ3n) is 7.33. The van der Waals surface area contributed by atoms with Gasteiger partial charge in [0.15, 0.2) is 0 Å². The molecule has 0 aliphatic carbocycles. The molecule has 0 rings (SSSR count). The summed E-state index contributed by atoms with van der Waals surface area (Å²) >= 11 is 3.93. The van der Waals surface area contributed by atoms with Crippen LogP contribution in [-0.2, 0) is 0 Å². The first-order chi connectivity index (χ1) is 14.1. The van der Waals surface area contributed by atoms with Crippen molar-refractivity contribution < 1.29 is 0 Å². The van der Waals surface area contributed by atoms with Gasteiger partial charge >= 0.3 is 0 Å². The molecule has 0 aliphatic heterocycles. The van der Waals surface area contributed by atoms with Gasteiger partial charge in [-0.3, -0.25) is 0 Å². The largest absolute Gasteiger partial charge is 0.321 e. The van der Waals surface area contributed by atoms with Crippen molar-refractivity contribution in [3.05, 3.63) is 35.8 Å².